The number of hydrogen-bond acceptors (Lipinski definition) is 2. The molecule has 1 aromatic rings. The summed E-state index contributed by atoms with van der Waals surface area (Å²) in [4.78, 5) is 26.9. The van der Waals surface area contributed by atoms with E-state index in [1.807, 2.05) is 4.90 Å². The number of halogens is 2. The van der Waals surface area contributed by atoms with Gasteiger partial charge in [-0.1, -0.05) is 23.2 Å². The van der Waals surface area contributed by atoms with Crippen LogP contribution in [-0.2, 0) is 9.59 Å². The second kappa shape index (κ2) is 7.75. The molecule has 2 amide bonds. The maximum atomic E-state index is 12.4. The van der Waals surface area contributed by atoms with Gasteiger partial charge in [-0.2, -0.15) is 0 Å². The summed E-state index contributed by atoms with van der Waals surface area (Å²) in [5, 5.41) is 3.89. The number of benzene rings is 1. The van der Waals surface area contributed by atoms with Crippen LogP contribution in [0.3, 0.4) is 0 Å². The number of likely N-dealkylation sites (tertiary alicyclic amines) is 1. The van der Waals surface area contributed by atoms with Gasteiger partial charge in [-0.3, -0.25) is 9.59 Å². The van der Waals surface area contributed by atoms with Gasteiger partial charge < -0.3 is 10.2 Å². The standard InChI is InChI=1S/C18H22Cl2N2O2/c19-14-9-15(20)11-16(10-14)21-17(23)12-3-5-13(6-4-12)18(24)22-7-1-2-8-22/h9-13H,1-8H2,(H,21,23). The van der Waals surface area contributed by atoms with E-state index in [1.54, 1.807) is 18.2 Å². The molecule has 130 valence electrons. The summed E-state index contributed by atoms with van der Waals surface area (Å²) in [5.41, 5.74) is 0.618. The van der Waals surface area contributed by atoms with Crippen molar-refractivity contribution in [3.8, 4) is 0 Å². The number of amides is 2. The molecular formula is C18H22Cl2N2O2. The predicted octanol–water partition coefficient (Wildman–Crippen LogP) is 4.36. The summed E-state index contributed by atoms with van der Waals surface area (Å²) < 4.78 is 0. The zero-order valence-corrected chi connectivity index (χ0v) is 15.1. The SMILES string of the molecule is O=C(Nc1cc(Cl)cc(Cl)c1)C1CCC(C(=O)N2CCCC2)CC1. The van der Waals surface area contributed by atoms with E-state index in [-0.39, 0.29) is 23.7 Å². The van der Waals surface area contributed by atoms with Crippen LogP contribution in [0.25, 0.3) is 0 Å². The molecule has 0 radical (unpaired) electrons. The van der Waals surface area contributed by atoms with Gasteiger partial charge in [0.15, 0.2) is 0 Å². The third-order valence-electron chi connectivity index (χ3n) is 5.00. The van der Waals surface area contributed by atoms with E-state index in [0.29, 0.717) is 15.7 Å². The average Bonchev–Trinajstić information content (AvgIpc) is 3.07. The number of nitrogens with one attached hydrogen (secondary N) is 1. The van der Waals surface area contributed by atoms with Gasteiger partial charge in [0, 0.05) is 40.7 Å². The lowest BCUT2D eigenvalue weighted by molar-refractivity contribution is -0.136. The lowest BCUT2D eigenvalue weighted by Crippen LogP contribution is -2.37. The molecule has 0 bridgehead atoms. The molecule has 1 aliphatic heterocycles. The van der Waals surface area contributed by atoms with Gasteiger partial charge in [0.1, 0.15) is 0 Å². The molecule has 1 saturated heterocycles. The number of anilines is 1. The normalized spacial score (nSPS) is 24.0. The summed E-state index contributed by atoms with van der Waals surface area (Å²) in [6, 6.07) is 5.01. The fourth-order valence-electron chi connectivity index (χ4n) is 3.67. The van der Waals surface area contributed by atoms with Crippen LogP contribution in [0.1, 0.15) is 38.5 Å². The zero-order chi connectivity index (χ0) is 17.1. The van der Waals surface area contributed by atoms with Crippen molar-refractivity contribution >= 4 is 40.7 Å². The third-order valence-corrected chi connectivity index (χ3v) is 5.43. The Morgan fingerprint density at radius 2 is 1.46 bits per heavy atom. The highest BCUT2D eigenvalue weighted by Gasteiger charge is 2.32. The van der Waals surface area contributed by atoms with Crippen LogP contribution in [-0.4, -0.2) is 29.8 Å². The van der Waals surface area contributed by atoms with Crippen LogP contribution < -0.4 is 5.32 Å². The summed E-state index contributed by atoms with van der Waals surface area (Å²) in [7, 11) is 0. The highest BCUT2D eigenvalue weighted by atomic mass is 35.5. The minimum atomic E-state index is -0.0506. The second-order valence-corrected chi connectivity index (χ2v) is 7.60. The molecule has 2 aliphatic rings. The lowest BCUT2D eigenvalue weighted by Gasteiger charge is -2.29. The Hall–Kier alpha value is -1.26. The molecule has 1 saturated carbocycles. The minimum absolute atomic E-state index is 0.0135. The number of hydrogen-bond donors (Lipinski definition) is 1. The molecule has 0 spiro atoms. The molecule has 1 heterocycles. The van der Waals surface area contributed by atoms with Gasteiger partial charge in [-0.05, 0) is 56.7 Å². The fraction of sp³-hybridized carbons (Fsp3) is 0.556. The molecule has 2 fully saturated rings. The molecule has 0 unspecified atom stereocenters. The van der Waals surface area contributed by atoms with E-state index in [1.165, 1.54) is 0 Å². The summed E-state index contributed by atoms with van der Waals surface area (Å²) in [6.07, 6.45) is 5.33. The van der Waals surface area contributed by atoms with Crippen molar-refractivity contribution in [2.24, 2.45) is 11.8 Å². The van der Waals surface area contributed by atoms with Gasteiger partial charge in [0.05, 0.1) is 0 Å². The Morgan fingerprint density at radius 1 is 0.917 bits per heavy atom. The molecule has 1 aliphatic carbocycles. The molecule has 0 atom stereocenters. The van der Waals surface area contributed by atoms with Gasteiger partial charge in [0.2, 0.25) is 11.8 Å². The largest absolute Gasteiger partial charge is 0.342 e. The van der Waals surface area contributed by atoms with E-state index < -0.39 is 0 Å². The van der Waals surface area contributed by atoms with Crippen molar-refractivity contribution in [2.45, 2.75) is 38.5 Å². The molecular weight excluding hydrogens is 347 g/mol. The van der Waals surface area contributed by atoms with E-state index in [2.05, 4.69) is 5.32 Å². The molecule has 4 nitrogen and oxygen atoms in total. The predicted molar refractivity (Wildman–Crippen MR) is 96.4 cm³/mol. The Kier molecular flexibility index (Phi) is 5.67. The van der Waals surface area contributed by atoms with Crippen LogP contribution >= 0.6 is 23.2 Å². The first-order valence-electron chi connectivity index (χ1n) is 8.58. The maximum absolute atomic E-state index is 12.4. The Labute approximate surface area is 152 Å². The topological polar surface area (TPSA) is 49.4 Å². The van der Waals surface area contributed by atoms with Gasteiger partial charge in [0.25, 0.3) is 0 Å². The van der Waals surface area contributed by atoms with E-state index in [9.17, 15) is 9.59 Å². The minimum Gasteiger partial charge on any atom is -0.342 e. The smallest absolute Gasteiger partial charge is 0.227 e. The van der Waals surface area contributed by atoms with Crippen molar-refractivity contribution in [1.82, 2.24) is 4.90 Å². The highest BCUT2D eigenvalue weighted by Crippen LogP contribution is 2.32. The first-order valence-corrected chi connectivity index (χ1v) is 9.34. The summed E-state index contributed by atoms with van der Waals surface area (Å²) >= 11 is 11.9. The number of rotatable bonds is 3. The lowest BCUT2D eigenvalue weighted by atomic mass is 9.81. The fourth-order valence-corrected chi connectivity index (χ4v) is 4.19. The molecule has 6 heteroatoms. The van der Waals surface area contributed by atoms with E-state index >= 15 is 0 Å². The molecule has 24 heavy (non-hydrogen) atoms. The van der Waals surface area contributed by atoms with Crippen LogP contribution in [0.15, 0.2) is 18.2 Å². The van der Waals surface area contributed by atoms with E-state index in [0.717, 1.165) is 51.6 Å². The number of carbonyl (C=O) groups excluding carboxylic acids is 2. The Balaban J connectivity index is 1.52. The van der Waals surface area contributed by atoms with Crippen molar-refractivity contribution in [3.63, 3.8) is 0 Å². The van der Waals surface area contributed by atoms with Crippen molar-refractivity contribution in [1.29, 1.82) is 0 Å². The van der Waals surface area contributed by atoms with E-state index in [4.69, 9.17) is 23.2 Å². The zero-order valence-electron chi connectivity index (χ0n) is 13.6. The number of carbonyl (C=O) groups is 2. The molecule has 1 N–H and O–H groups in total. The van der Waals surface area contributed by atoms with Gasteiger partial charge in [-0.15, -0.1) is 0 Å². The first-order chi connectivity index (χ1) is 11.5. The highest BCUT2D eigenvalue weighted by molar-refractivity contribution is 6.35. The first kappa shape index (κ1) is 17.6. The molecule has 3 rings (SSSR count). The third kappa shape index (κ3) is 4.22. The average molecular weight is 369 g/mol. The quantitative estimate of drug-likeness (QED) is 0.861. The van der Waals surface area contributed by atoms with Gasteiger partial charge >= 0.3 is 0 Å². The summed E-state index contributed by atoms with van der Waals surface area (Å²) in [5.74, 6) is 0.312. The van der Waals surface area contributed by atoms with Crippen LogP contribution in [0.5, 0.6) is 0 Å². The molecule has 0 aromatic heterocycles. The Bertz CT molecular complexity index is 601. The molecule has 1 aromatic carbocycles. The van der Waals surface area contributed by atoms with Crippen molar-refractivity contribution < 1.29 is 9.59 Å². The number of nitrogens with zero attached hydrogens (tertiary/aromatic N) is 1. The summed E-state index contributed by atoms with van der Waals surface area (Å²) in [6.45, 7) is 1.80. The monoisotopic (exact) mass is 368 g/mol. The van der Waals surface area contributed by atoms with Gasteiger partial charge in [-0.25, -0.2) is 0 Å². The van der Waals surface area contributed by atoms with Crippen molar-refractivity contribution in [3.05, 3.63) is 28.2 Å². The van der Waals surface area contributed by atoms with Crippen LogP contribution in [0.4, 0.5) is 5.69 Å². The van der Waals surface area contributed by atoms with Crippen LogP contribution in [0.2, 0.25) is 10.0 Å². The van der Waals surface area contributed by atoms with Crippen LogP contribution in [0, 0.1) is 11.8 Å². The van der Waals surface area contributed by atoms with Crippen molar-refractivity contribution in [2.75, 3.05) is 18.4 Å². The maximum Gasteiger partial charge on any atom is 0.227 e. The second-order valence-electron chi connectivity index (χ2n) is 6.73. The Morgan fingerprint density at radius 3 is 2.04 bits per heavy atom.